The van der Waals surface area contributed by atoms with Crippen LogP contribution in [0.15, 0.2) is 71.6 Å². The Labute approximate surface area is 226 Å². The van der Waals surface area contributed by atoms with E-state index < -0.39 is 5.82 Å². The average Bonchev–Trinajstić information content (AvgIpc) is 3.42. The van der Waals surface area contributed by atoms with Crippen molar-refractivity contribution >= 4 is 23.5 Å². The van der Waals surface area contributed by atoms with Gasteiger partial charge in [-0.3, -0.25) is 4.68 Å². The van der Waals surface area contributed by atoms with E-state index >= 15 is 0 Å². The zero-order valence-corrected chi connectivity index (χ0v) is 21.3. The van der Waals surface area contributed by atoms with Crippen molar-refractivity contribution in [2.45, 2.75) is 31.2 Å². The Morgan fingerprint density at radius 3 is 2.69 bits per heavy atom. The van der Waals surface area contributed by atoms with Crippen molar-refractivity contribution in [2.75, 3.05) is 10.0 Å². The van der Waals surface area contributed by atoms with E-state index in [2.05, 4.69) is 30.3 Å². The van der Waals surface area contributed by atoms with Gasteiger partial charge < -0.3 is 19.7 Å². The molecule has 0 saturated heterocycles. The van der Waals surface area contributed by atoms with Crippen LogP contribution in [0.4, 0.5) is 20.3 Å². The Balaban J connectivity index is 1.23. The molecule has 1 aliphatic rings. The number of anilines is 2. The maximum absolute atomic E-state index is 14.6. The van der Waals surface area contributed by atoms with Gasteiger partial charge in [-0.15, -0.1) is 0 Å². The zero-order chi connectivity index (χ0) is 26.8. The van der Waals surface area contributed by atoms with E-state index in [0.717, 1.165) is 11.8 Å². The van der Waals surface area contributed by atoms with Crippen molar-refractivity contribution < 1.29 is 18.4 Å². The summed E-state index contributed by atoms with van der Waals surface area (Å²) in [6.07, 6.45) is 4.86. The summed E-state index contributed by atoms with van der Waals surface area (Å²) in [6, 6.07) is 15.0. The maximum Gasteiger partial charge on any atom is 0.183 e. The quantitative estimate of drug-likeness (QED) is 0.146. The predicted octanol–water partition coefficient (Wildman–Crippen LogP) is 5.86. The number of halogens is 2. The van der Waals surface area contributed by atoms with Gasteiger partial charge in [-0.2, -0.15) is 5.10 Å². The third-order valence-electron chi connectivity index (χ3n) is 6.11. The maximum atomic E-state index is 14.6. The first-order valence-electron chi connectivity index (χ1n) is 12.3. The smallest absolute Gasteiger partial charge is 0.183 e. The van der Waals surface area contributed by atoms with Crippen LogP contribution < -0.4 is 10.0 Å². The number of benzene rings is 2. The molecule has 5 aromatic rings. The first-order valence-corrected chi connectivity index (χ1v) is 13.1. The number of phenolic OH excluding ortho intramolecular Hbond substituents is 1. The van der Waals surface area contributed by atoms with Crippen LogP contribution in [0, 0.1) is 11.6 Å². The standard InChI is InChI=1S/C27H23F2N7O2S/c28-19-4-2-1-3-17(19)15-36-24(21-9-10-38-34-21)12-23(33-36)27-31-14-20(29)26(32-27)30-13-16-5-8-22(25(37)11-16)35-39-18-6-7-18/h1-5,8-12,14,18,35,37H,6-7,13,15H2,(H,30,31,32). The van der Waals surface area contributed by atoms with Gasteiger partial charge in [-0.25, -0.2) is 18.7 Å². The van der Waals surface area contributed by atoms with Crippen molar-refractivity contribution in [1.29, 1.82) is 0 Å². The first-order chi connectivity index (χ1) is 19.0. The van der Waals surface area contributed by atoms with E-state index in [1.54, 1.807) is 59.1 Å². The van der Waals surface area contributed by atoms with Gasteiger partial charge >= 0.3 is 0 Å². The second-order valence-corrected chi connectivity index (χ2v) is 10.2. The van der Waals surface area contributed by atoms with Crippen molar-refractivity contribution in [3.05, 3.63) is 89.8 Å². The molecule has 0 atom stereocenters. The normalized spacial score (nSPS) is 13.0. The molecule has 3 heterocycles. The Bertz CT molecular complexity index is 1610. The lowest BCUT2D eigenvalue weighted by Crippen LogP contribution is -2.07. The van der Waals surface area contributed by atoms with E-state index in [0.29, 0.717) is 33.6 Å². The molecule has 1 aliphatic carbocycles. The molecule has 6 rings (SSSR count). The van der Waals surface area contributed by atoms with Gasteiger partial charge in [0, 0.05) is 23.4 Å². The van der Waals surface area contributed by atoms with Gasteiger partial charge in [-0.05, 0) is 54.6 Å². The number of hydrogen-bond donors (Lipinski definition) is 3. The molecule has 2 aromatic carbocycles. The van der Waals surface area contributed by atoms with Crippen LogP contribution in [0.25, 0.3) is 22.9 Å². The summed E-state index contributed by atoms with van der Waals surface area (Å²) in [4.78, 5) is 8.46. The fraction of sp³-hybridized carbons (Fsp3) is 0.185. The molecule has 0 amide bonds. The molecule has 1 fully saturated rings. The van der Waals surface area contributed by atoms with E-state index in [9.17, 15) is 13.9 Å². The lowest BCUT2D eigenvalue weighted by Gasteiger charge is -2.11. The molecule has 39 heavy (non-hydrogen) atoms. The Kier molecular flexibility index (Phi) is 6.84. The zero-order valence-electron chi connectivity index (χ0n) is 20.5. The van der Waals surface area contributed by atoms with Crippen LogP contribution in [-0.2, 0) is 13.1 Å². The molecule has 3 N–H and O–H groups in total. The van der Waals surface area contributed by atoms with Crippen molar-refractivity contribution in [2.24, 2.45) is 0 Å². The second-order valence-electron chi connectivity index (χ2n) is 9.06. The Hall–Kier alpha value is -4.45. The van der Waals surface area contributed by atoms with Gasteiger partial charge in [0.1, 0.15) is 29.2 Å². The largest absolute Gasteiger partial charge is 0.506 e. The van der Waals surface area contributed by atoms with E-state index in [-0.39, 0.29) is 36.3 Å². The number of hydrogen-bond acceptors (Lipinski definition) is 9. The molecule has 0 radical (unpaired) electrons. The summed E-state index contributed by atoms with van der Waals surface area (Å²) in [6.45, 7) is 0.359. The van der Waals surface area contributed by atoms with Gasteiger partial charge in [0.05, 0.1) is 24.1 Å². The third kappa shape index (κ3) is 5.70. The lowest BCUT2D eigenvalue weighted by molar-refractivity contribution is 0.421. The van der Waals surface area contributed by atoms with Gasteiger partial charge in [0.2, 0.25) is 0 Å². The monoisotopic (exact) mass is 547 g/mol. The summed E-state index contributed by atoms with van der Waals surface area (Å²) < 4.78 is 38.7. The van der Waals surface area contributed by atoms with Crippen molar-refractivity contribution in [3.63, 3.8) is 0 Å². The molecule has 0 spiro atoms. The second kappa shape index (κ2) is 10.7. The van der Waals surface area contributed by atoms with E-state index in [4.69, 9.17) is 4.52 Å². The summed E-state index contributed by atoms with van der Waals surface area (Å²) in [5.41, 5.74) is 3.24. The molecule has 1 saturated carbocycles. The number of nitrogens with one attached hydrogen (secondary N) is 2. The van der Waals surface area contributed by atoms with E-state index in [1.165, 1.54) is 25.2 Å². The highest BCUT2D eigenvalue weighted by Crippen LogP contribution is 2.36. The summed E-state index contributed by atoms with van der Waals surface area (Å²) in [7, 11) is 0. The fourth-order valence-corrected chi connectivity index (χ4v) is 4.73. The summed E-state index contributed by atoms with van der Waals surface area (Å²) in [5.74, 6) is -0.716. The molecular formula is C27H23F2N7O2S. The molecule has 0 aliphatic heterocycles. The lowest BCUT2D eigenvalue weighted by atomic mass is 10.2. The topological polar surface area (TPSA) is 114 Å². The highest BCUT2D eigenvalue weighted by Gasteiger charge is 2.22. The third-order valence-corrected chi connectivity index (χ3v) is 7.26. The summed E-state index contributed by atoms with van der Waals surface area (Å²) in [5, 5.41) is 22.5. The van der Waals surface area contributed by atoms with Crippen LogP contribution in [0.5, 0.6) is 5.75 Å². The van der Waals surface area contributed by atoms with Gasteiger partial charge in [-0.1, -0.05) is 29.4 Å². The minimum absolute atomic E-state index is 0.0161. The number of aromatic nitrogens is 5. The number of rotatable bonds is 10. The fourth-order valence-electron chi connectivity index (χ4n) is 3.89. The molecule has 12 heteroatoms. The number of aromatic hydroxyl groups is 1. The Morgan fingerprint density at radius 2 is 1.92 bits per heavy atom. The predicted molar refractivity (Wildman–Crippen MR) is 144 cm³/mol. The molecule has 3 aromatic heterocycles. The number of phenols is 1. The van der Waals surface area contributed by atoms with Crippen LogP contribution >= 0.6 is 11.9 Å². The summed E-state index contributed by atoms with van der Waals surface area (Å²) >= 11 is 1.60. The minimum atomic E-state index is -0.635. The average molecular weight is 548 g/mol. The van der Waals surface area contributed by atoms with Gasteiger partial charge in [0.15, 0.2) is 17.5 Å². The van der Waals surface area contributed by atoms with Crippen LogP contribution in [0.1, 0.15) is 24.0 Å². The van der Waals surface area contributed by atoms with Crippen LogP contribution in [-0.4, -0.2) is 35.3 Å². The molecule has 0 bridgehead atoms. The molecule has 0 unspecified atom stereocenters. The highest BCUT2D eigenvalue weighted by atomic mass is 32.2. The van der Waals surface area contributed by atoms with Crippen LogP contribution in [0.2, 0.25) is 0 Å². The van der Waals surface area contributed by atoms with Crippen LogP contribution in [0.3, 0.4) is 0 Å². The SMILES string of the molecule is Oc1cc(CNc2nc(-c3cc(-c4ccon4)n(Cc4ccccc4F)n3)ncc2F)ccc1NSC1CC1. The minimum Gasteiger partial charge on any atom is -0.506 e. The molecular weight excluding hydrogens is 524 g/mol. The first kappa shape index (κ1) is 24.9. The van der Waals surface area contributed by atoms with Crippen molar-refractivity contribution in [1.82, 2.24) is 24.9 Å². The molecule has 9 nitrogen and oxygen atoms in total. The number of nitrogens with zero attached hydrogens (tertiary/aromatic N) is 5. The van der Waals surface area contributed by atoms with Crippen molar-refractivity contribution in [3.8, 4) is 28.7 Å². The highest BCUT2D eigenvalue weighted by molar-refractivity contribution is 8.01. The van der Waals surface area contributed by atoms with E-state index in [1.807, 2.05) is 6.07 Å². The van der Waals surface area contributed by atoms with Gasteiger partial charge in [0.25, 0.3) is 0 Å². The molecule has 198 valence electrons. The Morgan fingerprint density at radius 1 is 1.05 bits per heavy atom.